The molecule has 6 heteroatoms. The predicted molar refractivity (Wildman–Crippen MR) is 82.2 cm³/mol. The van der Waals surface area contributed by atoms with Crippen molar-refractivity contribution in [1.29, 1.82) is 0 Å². The van der Waals surface area contributed by atoms with Gasteiger partial charge in [0, 0.05) is 10.8 Å². The normalized spacial score (nSPS) is 14.6. The molecule has 1 aliphatic rings. The van der Waals surface area contributed by atoms with E-state index < -0.39 is 5.97 Å². The molecule has 0 amide bonds. The van der Waals surface area contributed by atoms with Crippen LogP contribution in [0.4, 0.5) is 0 Å². The van der Waals surface area contributed by atoms with E-state index in [1.165, 1.54) is 9.44 Å². The molecule has 112 valence electrons. The van der Waals surface area contributed by atoms with Crippen molar-refractivity contribution in [2.45, 2.75) is 52.0 Å². The summed E-state index contributed by atoms with van der Waals surface area (Å²) in [5.74, 6) is -0.432. The SMILES string of the molecule is CC(C)c1nc2sc3c(c2c(=O)n1CC(=O)O)CCCC3. The summed E-state index contributed by atoms with van der Waals surface area (Å²) < 4.78 is 1.33. The number of hydrogen-bond acceptors (Lipinski definition) is 4. The van der Waals surface area contributed by atoms with Crippen LogP contribution in [0.2, 0.25) is 0 Å². The number of carbonyl (C=O) groups is 1. The van der Waals surface area contributed by atoms with Crippen LogP contribution in [-0.2, 0) is 24.2 Å². The smallest absolute Gasteiger partial charge is 0.323 e. The maximum atomic E-state index is 12.8. The van der Waals surface area contributed by atoms with Crippen LogP contribution in [0, 0.1) is 0 Å². The van der Waals surface area contributed by atoms with E-state index in [1.807, 2.05) is 13.8 Å². The Hall–Kier alpha value is -1.69. The summed E-state index contributed by atoms with van der Waals surface area (Å²) in [5, 5.41) is 9.73. The maximum Gasteiger partial charge on any atom is 0.323 e. The van der Waals surface area contributed by atoms with Gasteiger partial charge in [-0.3, -0.25) is 14.2 Å². The highest BCUT2D eigenvalue weighted by Gasteiger charge is 2.23. The van der Waals surface area contributed by atoms with E-state index in [0.717, 1.165) is 36.1 Å². The van der Waals surface area contributed by atoms with Crippen LogP contribution in [0.25, 0.3) is 10.2 Å². The lowest BCUT2D eigenvalue weighted by Crippen LogP contribution is -2.29. The van der Waals surface area contributed by atoms with E-state index in [2.05, 4.69) is 4.98 Å². The molecule has 3 rings (SSSR count). The summed E-state index contributed by atoms with van der Waals surface area (Å²) in [5.41, 5.74) is 0.915. The van der Waals surface area contributed by atoms with Gasteiger partial charge in [0.15, 0.2) is 0 Å². The number of fused-ring (bicyclic) bond motifs is 3. The summed E-state index contributed by atoms with van der Waals surface area (Å²) in [6, 6.07) is 0. The van der Waals surface area contributed by atoms with Gasteiger partial charge in [0.2, 0.25) is 0 Å². The van der Waals surface area contributed by atoms with Gasteiger partial charge in [0.1, 0.15) is 17.2 Å². The van der Waals surface area contributed by atoms with Crippen LogP contribution in [-0.4, -0.2) is 20.6 Å². The van der Waals surface area contributed by atoms with Crippen molar-refractivity contribution in [3.63, 3.8) is 0 Å². The monoisotopic (exact) mass is 306 g/mol. The molecule has 0 spiro atoms. The van der Waals surface area contributed by atoms with Crippen molar-refractivity contribution in [3.05, 3.63) is 26.6 Å². The van der Waals surface area contributed by atoms with Gasteiger partial charge in [-0.1, -0.05) is 13.8 Å². The van der Waals surface area contributed by atoms with E-state index in [0.29, 0.717) is 11.2 Å². The van der Waals surface area contributed by atoms with Crippen LogP contribution < -0.4 is 5.56 Å². The fraction of sp³-hybridized carbons (Fsp3) is 0.533. The molecular weight excluding hydrogens is 288 g/mol. The standard InChI is InChI=1S/C15H18N2O3S/c1-8(2)13-16-14-12(15(20)17(13)7-11(18)19)9-5-3-4-6-10(9)21-14/h8H,3-7H2,1-2H3,(H,18,19). The Morgan fingerprint density at radius 2 is 2.10 bits per heavy atom. The lowest BCUT2D eigenvalue weighted by molar-refractivity contribution is -0.137. The second kappa shape index (κ2) is 5.26. The molecule has 0 bridgehead atoms. The minimum Gasteiger partial charge on any atom is -0.480 e. The third-order valence-electron chi connectivity index (χ3n) is 3.91. The van der Waals surface area contributed by atoms with Gasteiger partial charge in [-0.25, -0.2) is 4.98 Å². The summed E-state index contributed by atoms with van der Waals surface area (Å²) in [6.07, 6.45) is 4.15. The summed E-state index contributed by atoms with van der Waals surface area (Å²) in [7, 11) is 0. The highest BCUT2D eigenvalue weighted by Crippen LogP contribution is 2.34. The molecule has 2 aromatic rings. The number of nitrogens with zero attached hydrogens (tertiary/aromatic N) is 2. The molecule has 2 aromatic heterocycles. The highest BCUT2D eigenvalue weighted by molar-refractivity contribution is 7.18. The molecular formula is C15H18N2O3S. The van der Waals surface area contributed by atoms with Crippen LogP contribution in [0.15, 0.2) is 4.79 Å². The number of aryl methyl sites for hydroxylation is 2. The first-order valence-electron chi connectivity index (χ1n) is 7.25. The zero-order valence-electron chi connectivity index (χ0n) is 12.2. The Morgan fingerprint density at radius 3 is 2.76 bits per heavy atom. The molecule has 0 radical (unpaired) electrons. The summed E-state index contributed by atoms with van der Waals surface area (Å²) in [6.45, 7) is 3.54. The Labute approximate surface area is 126 Å². The molecule has 21 heavy (non-hydrogen) atoms. The Balaban J connectivity index is 2.32. The predicted octanol–water partition coefficient (Wildman–Crippen LogP) is 2.54. The van der Waals surface area contributed by atoms with Crippen LogP contribution in [0.3, 0.4) is 0 Å². The molecule has 1 N–H and O–H groups in total. The quantitative estimate of drug-likeness (QED) is 0.946. The molecule has 0 unspecified atom stereocenters. The number of carboxylic acid groups (broad SMARTS) is 1. The van der Waals surface area contributed by atoms with Gasteiger partial charge in [-0.2, -0.15) is 0 Å². The molecule has 0 aromatic carbocycles. The zero-order chi connectivity index (χ0) is 15.1. The first-order chi connectivity index (χ1) is 9.99. The first kappa shape index (κ1) is 14.3. The van der Waals surface area contributed by atoms with Crippen LogP contribution >= 0.6 is 11.3 Å². The second-order valence-corrected chi connectivity index (χ2v) is 6.88. The van der Waals surface area contributed by atoms with Crippen molar-refractivity contribution >= 4 is 27.5 Å². The average molecular weight is 306 g/mol. The van der Waals surface area contributed by atoms with Crippen molar-refractivity contribution in [3.8, 4) is 0 Å². The van der Waals surface area contributed by atoms with Crippen LogP contribution in [0.5, 0.6) is 0 Å². The Morgan fingerprint density at radius 1 is 1.38 bits per heavy atom. The highest BCUT2D eigenvalue weighted by atomic mass is 32.1. The second-order valence-electron chi connectivity index (χ2n) is 5.80. The molecule has 0 fully saturated rings. The molecule has 0 atom stereocenters. The van der Waals surface area contributed by atoms with Crippen molar-refractivity contribution in [2.75, 3.05) is 0 Å². The van der Waals surface area contributed by atoms with Crippen LogP contribution in [0.1, 0.15) is 48.9 Å². The number of rotatable bonds is 3. The largest absolute Gasteiger partial charge is 0.480 e. The fourth-order valence-corrected chi connectivity index (χ4v) is 4.24. The molecule has 0 aliphatic heterocycles. The van der Waals surface area contributed by atoms with Gasteiger partial charge < -0.3 is 5.11 Å². The first-order valence-corrected chi connectivity index (χ1v) is 8.07. The third kappa shape index (κ3) is 2.37. The van der Waals surface area contributed by atoms with E-state index >= 15 is 0 Å². The minimum atomic E-state index is -1.01. The number of thiophene rings is 1. The summed E-state index contributed by atoms with van der Waals surface area (Å²) in [4.78, 5) is 30.5. The minimum absolute atomic E-state index is 0.0144. The number of aliphatic carboxylic acids is 1. The van der Waals surface area contributed by atoms with Gasteiger partial charge in [0.25, 0.3) is 5.56 Å². The van der Waals surface area contributed by atoms with Gasteiger partial charge in [-0.05, 0) is 31.2 Å². The topological polar surface area (TPSA) is 72.2 Å². The number of hydrogen-bond donors (Lipinski definition) is 1. The van der Waals surface area contributed by atoms with Crippen molar-refractivity contribution in [2.24, 2.45) is 0 Å². The molecule has 1 aliphatic carbocycles. The van der Waals surface area contributed by atoms with Gasteiger partial charge >= 0.3 is 5.97 Å². The molecule has 2 heterocycles. The number of aromatic nitrogens is 2. The fourth-order valence-electron chi connectivity index (χ4n) is 2.98. The molecule has 5 nitrogen and oxygen atoms in total. The van der Waals surface area contributed by atoms with Gasteiger partial charge in [-0.15, -0.1) is 11.3 Å². The molecule has 0 saturated heterocycles. The molecule has 0 saturated carbocycles. The van der Waals surface area contributed by atoms with E-state index in [1.54, 1.807) is 11.3 Å². The van der Waals surface area contributed by atoms with E-state index in [4.69, 9.17) is 5.11 Å². The number of carboxylic acids is 1. The lowest BCUT2D eigenvalue weighted by Gasteiger charge is -2.14. The Kier molecular flexibility index (Phi) is 3.57. The van der Waals surface area contributed by atoms with Crippen molar-refractivity contribution < 1.29 is 9.90 Å². The van der Waals surface area contributed by atoms with Gasteiger partial charge in [0.05, 0.1) is 5.39 Å². The van der Waals surface area contributed by atoms with E-state index in [9.17, 15) is 9.59 Å². The average Bonchev–Trinajstić information content (AvgIpc) is 2.79. The Bertz CT molecular complexity index is 773. The van der Waals surface area contributed by atoms with Crippen molar-refractivity contribution in [1.82, 2.24) is 9.55 Å². The maximum absolute atomic E-state index is 12.8. The third-order valence-corrected chi connectivity index (χ3v) is 5.10. The summed E-state index contributed by atoms with van der Waals surface area (Å²) >= 11 is 1.60. The zero-order valence-corrected chi connectivity index (χ0v) is 13.0. The van der Waals surface area contributed by atoms with E-state index in [-0.39, 0.29) is 18.0 Å². The lowest BCUT2D eigenvalue weighted by atomic mass is 9.97.